The van der Waals surface area contributed by atoms with Gasteiger partial charge in [-0.3, -0.25) is 4.79 Å². The molecule has 30 heavy (non-hydrogen) atoms. The first-order valence-corrected chi connectivity index (χ1v) is 12.3. The molecule has 3 nitrogen and oxygen atoms in total. The fourth-order valence-electron chi connectivity index (χ4n) is 3.01. The molecule has 1 atom stereocenters. The van der Waals surface area contributed by atoms with Crippen molar-refractivity contribution in [2.45, 2.75) is 143 Å². The van der Waals surface area contributed by atoms with E-state index in [2.05, 4.69) is 33.4 Å². The van der Waals surface area contributed by atoms with E-state index < -0.39 is 5.60 Å². The van der Waals surface area contributed by atoms with Gasteiger partial charge in [-0.15, -0.1) is 6.58 Å². The molecular weight excluding hydrogens is 372 g/mol. The lowest BCUT2D eigenvalue weighted by atomic mass is 10.00. The second-order valence-corrected chi connectivity index (χ2v) is 9.21. The van der Waals surface area contributed by atoms with Crippen LogP contribution in [0.4, 0.5) is 0 Å². The molecule has 0 saturated carbocycles. The molecule has 0 saturated heterocycles. The second kappa shape index (κ2) is 21.2. The van der Waals surface area contributed by atoms with E-state index in [1.54, 1.807) is 13.0 Å². The van der Waals surface area contributed by atoms with Crippen LogP contribution in [0.5, 0.6) is 0 Å². The van der Waals surface area contributed by atoms with Gasteiger partial charge in [-0.2, -0.15) is 0 Å². The Bertz CT molecular complexity index is 431. The van der Waals surface area contributed by atoms with Crippen molar-refractivity contribution in [1.29, 1.82) is 0 Å². The van der Waals surface area contributed by atoms with Gasteiger partial charge in [-0.1, -0.05) is 88.9 Å². The molecule has 1 unspecified atom stereocenters. The van der Waals surface area contributed by atoms with Gasteiger partial charge in [-0.25, -0.2) is 0 Å². The molecule has 0 aliphatic rings. The summed E-state index contributed by atoms with van der Waals surface area (Å²) in [6.07, 6.45) is 20.5. The molecule has 0 aliphatic carbocycles. The molecule has 0 amide bonds. The van der Waals surface area contributed by atoms with Gasteiger partial charge in [0, 0.05) is 6.42 Å². The van der Waals surface area contributed by atoms with E-state index in [0.29, 0.717) is 6.42 Å². The van der Waals surface area contributed by atoms with Crippen molar-refractivity contribution in [3.8, 4) is 0 Å². The number of carbonyl (C=O) groups excluding carboxylic acids is 1. The first-order chi connectivity index (χ1) is 14.1. The van der Waals surface area contributed by atoms with Crippen molar-refractivity contribution in [1.82, 2.24) is 0 Å². The van der Waals surface area contributed by atoms with Crippen LogP contribution in [0.25, 0.3) is 0 Å². The number of allylic oxidation sites excluding steroid dienone is 2. The highest BCUT2D eigenvalue weighted by molar-refractivity contribution is 5.69. The van der Waals surface area contributed by atoms with E-state index in [9.17, 15) is 9.90 Å². The van der Waals surface area contributed by atoms with Gasteiger partial charge in [0.25, 0.3) is 0 Å². The normalized spacial score (nSPS) is 12.5. The largest absolute Gasteiger partial charge is 0.463 e. The summed E-state index contributed by atoms with van der Waals surface area (Å²) in [6, 6.07) is 0. The smallest absolute Gasteiger partial charge is 0.306 e. The fourth-order valence-corrected chi connectivity index (χ4v) is 3.01. The van der Waals surface area contributed by atoms with E-state index in [1.807, 2.05) is 13.8 Å². The second-order valence-electron chi connectivity index (χ2n) is 9.21. The molecule has 1 N–H and O–H groups in total. The molecule has 0 aromatic rings. The van der Waals surface area contributed by atoms with E-state index in [-0.39, 0.29) is 12.1 Å². The van der Waals surface area contributed by atoms with Crippen LogP contribution < -0.4 is 0 Å². The van der Waals surface area contributed by atoms with E-state index in [4.69, 9.17) is 4.74 Å². The van der Waals surface area contributed by atoms with Crippen molar-refractivity contribution in [2.24, 2.45) is 0 Å². The Labute approximate surface area is 188 Å². The zero-order valence-corrected chi connectivity index (χ0v) is 21.1. The van der Waals surface area contributed by atoms with Crippen LogP contribution in [0.1, 0.15) is 131 Å². The Kier molecular flexibility index (Phi) is 21.9. The minimum atomic E-state index is -0.702. The highest BCUT2D eigenvalue weighted by Crippen LogP contribution is 2.14. The fraction of sp³-hybridized carbons (Fsp3) is 0.815. The molecule has 0 aromatic heterocycles. The number of hydrogen-bond donors (Lipinski definition) is 1. The van der Waals surface area contributed by atoms with Crippen molar-refractivity contribution in [2.75, 3.05) is 0 Å². The predicted molar refractivity (Wildman–Crippen MR) is 132 cm³/mol. The van der Waals surface area contributed by atoms with Crippen LogP contribution in [-0.4, -0.2) is 22.8 Å². The Balaban J connectivity index is 0. The van der Waals surface area contributed by atoms with Crippen LogP contribution in [-0.2, 0) is 9.53 Å². The summed E-state index contributed by atoms with van der Waals surface area (Å²) in [5.74, 6) is -0.0362. The minimum Gasteiger partial charge on any atom is -0.463 e. The summed E-state index contributed by atoms with van der Waals surface area (Å²) in [5.41, 5.74) is 0.594. The first kappa shape index (κ1) is 31.1. The highest BCUT2D eigenvalue weighted by atomic mass is 16.5. The minimum absolute atomic E-state index is 0.0280. The molecule has 0 fully saturated rings. The van der Waals surface area contributed by atoms with E-state index in [0.717, 1.165) is 19.3 Å². The Morgan fingerprint density at radius 3 is 1.83 bits per heavy atom. The lowest BCUT2D eigenvalue weighted by Crippen LogP contribution is -2.19. The number of hydrogen-bond acceptors (Lipinski definition) is 3. The van der Waals surface area contributed by atoms with Gasteiger partial charge in [0.15, 0.2) is 0 Å². The highest BCUT2D eigenvalue weighted by Gasteiger charge is 2.12. The van der Waals surface area contributed by atoms with Gasteiger partial charge in [0.1, 0.15) is 0 Å². The van der Waals surface area contributed by atoms with Crippen molar-refractivity contribution < 1.29 is 14.6 Å². The Hall–Kier alpha value is -1.09. The molecule has 0 radical (unpaired) electrons. The lowest BCUT2D eigenvalue weighted by Gasteiger charge is -2.16. The quantitative estimate of drug-likeness (QED) is 0.145. The van der Waals surface area contributed by atoms with Gasteiger partial charge in [0.05, 0.1) is 11.7 Å². The molecule has 0 aromatic carbocycles. The standard InChI is InChI=1S/C17H34O2.C10H18O/c1-4-5-6-7-8-9-10-11-12-13-14-15-17(18)19-16(2)3;1-5-10(4,11)8-6-7-9(2)3/h16H,4-15H2,1-3H3;5,7,11H,1,6,8H2,2-4H3. The number of esters is 1. The maximum Gasteiger partial charge on any atom is 0.306 e. The van der Waals surface area contributed by atoms with Crippen LogP contribution in [0.2, 0.25) is 0 Å². The third-order valence-corrected chi connectivity index (χ3v) is 4.99. The number of aliphatic hydroxyl groups is 1. The van der Waals surface area contributed by atoms with Gasteiger partial charge in [-0.05, 0) is 53.9 Å². The average molecular weight is 425 g/mol. The summed E-state index contributed by atoms with van der Waals surface area (Å²) < 4.78 is 5.10. The average Bonchev–Trinajstić information content (AvgIpc) is 2.65. The summed E-state index contributed by atoms with van der Waals surface area (Å²) >= 11 is 0. The zero-order chi connectivity index (χ0) is 23.3. The maximum atomic E-state index is 11.3. The van der Waals surface area contributed by atoms with Crippen LogP contribution in [0, 0.1) is 0 Å². The lowest BCUT2D eigenvalue weighted by molar-refractivity contribution is -0.147. The van der Waals surface area contributed by atoms with E-state index in [1.165, 1.54) is 69.8 Å². The maximum absolute atomic E-state index is 11.3. The number of unbranched alkanes of at least 4 members (excludes halogenated alkanes) is 10. The topological polar surface area (TPSA) is 46.5 Å². The van der Waals surface area contributed by atoms with Gasteiger partial charge in [0.2, 0.25) is 0 Å². The summed E-state index contributed by atoms with van der Waals surface area (Å²) in [5, 5.41) is 9.49. The van der Waals surface area contributed by atoms with Crippen LogP contribution in [0.15, 0.2) is 24.3 Å². The summed E-state index contributed by atoms with van der Waals surface area (Å²) in [7, 11) is 0. The van der Waals surface area contributed by atoms with E-state index >= 15 is 0 Å². The molecule has 0 bridgehead atoms. The third kappa shape index (κ3) is 26.9. The monoisotopic (exact) mass is 424 g/mol. The molecule has 0 aliphatic heterocycles. The third-order valence-electron chi connectivity index (χ3n) is 4.99. The van der Waals surface area contributed by atoms with Crippen LogP contribution >= 0.6 is 0 Å². The number of carbonyl (C=O) groups is 1. The van der Waals surface area contributed by atoms with Crippen molar-refractivity contribution >= 4 is 5.97 Å². The SMILES string of the molecule is C=CC(C)(O)CCC=C(C)C.CCCCCCCCCCCCCC(=O)OC(C)C. The van der Waals surface area contributed by atoms with Gasteiger partial charge >= 0.3 is 5.97 Å². The van der Waals surface area contributed by atoms with Gasteiger partial charge < -0.3 is 9.84 Å². The molecule has 178 valence electrons. The molecule has 0 heterocycles. The number of rotatable bonds is 17. The molecule has 0 rings (SSSR count). The summed E-state index contributed by atoms with van der Waals surface area (Å²) in [4.78, 5) is 11.3. The van der Waals surface area contributed by atoms with Crippen molar-refractivity contribution in [3.05, 3.63) is 24.3 Å². The molecular formula is C27H52O3. The Morgan fingerprint density at radius 1 is 0.967 bits per heavy atom. The number of ether oxygens (including phenoxy) is 1. The van der Waals surface area contributed by atoms with Crippen LogP contribution in [0.3, 0.4) is 0 Å². The summed E-state index contributed by atoms with van der Waals surface area (Å²) in [6.45, 7) is 15.5. The predicted octanol–water partition coefficient (Wildman–Crippen LogP) is 8.31. The van der Waals surface area contributed by atoms with Crippen molar-refractivity contribution in [3.63, 3.8) is 0 Å². The Morgan fingerprint density at radius 2 is 1.43 bits per heavy atom. The molecule has 3 heteroatoms. The first-order valence-electron chi connectivity index (χ1n) is 12.3. The molecule has 0 spiro atoms. The zero-order valence-electron chi connectivity index (χ0n) is 21.1.